The first-order valence-corrected chi connectivity index (χ1v) is 9.94. The Morgan fingerprint density at radius 3 is 2.57 bits per heavy atom. The number of methoxy groups -OCH3 is 1. The molecule has 0 saturated carbocycles. The predicted molar refractivity (Wildman–Crippen MR) is 112 cm³/mol. The maximum Gasteiger partial charge on any atom is 0.312 e. The zero-order valence-corrected chi connectivity index (χ0v) is 17.2. The summed E-state index contributed by atoms with van der Waals surface area (Å²) in [6, 6.07) is 16.9. The number of hydrogen-bond acceptors (Lipinski definition) is 5. The summed E-state index contributed by atoms with van der Waals surface area (Å²) < 4.78 is 10.5. The zero-order chi connectivity index (χ0) is 21.5. The molecule has 2 amide bonds. The lowest BCUT2D eigenvalue weighted by Crippen LogP contribution is -2.33. The zero-order valence-electron chi connectivity index (χ0n) is 17.2. The molecule has 7 nitrogen and oxygen atoms in total. The molecule has 0 bridgehead atoms. The number of rotatable bonds is 8. The highest BCUT2D eigenvalue weighted by Gasteiger charge is 2.36. The lowest BCUT2D eigenvalue weighted by atomic mass is 10.1. The fourth-order valence-corrected chi connectivity index (χ4v) is 3.36. The van der Waals surface area contributed by atoms with Gasteiger partial charge in [-0.1, -0.05) is 42.5 Å². The molecule has 0 aromatic heterocycles. The van der Waals surface area contributed by atoms with Crippen LogP contribution < -0.4 is 10.1 Å². The smallest absolute Gasteiger partial charge is 0.312 e. The molecule has 1 N–H and O–H groups in total. The second kappa shape index (κ2) is 9.91. The van der Waals surface area contributed by atoms with E-state index in [1.54, 1.807) is 29.2 Å². The Balaban J connectivity index is 1.50. The number of anilines is 1. The van der Waals surface area contributed by atoms with Crippen LogP contribution in [0.25, 0.3) is 0 Å². The average Bonchev–Trinajstić information content (AvgIpc) is 3.14. The van der Waals surface area contributed by atoms with Crippen molar-refractivity contribution in [3.8, 4) is 5.75 Å². The van der Waals surface area contributed by atoms with Crippen LogP contribution in [0.5, 0.6) is 5.75 Å². The third-order valence-electron chi connectivity index (χ3n) is 5.09. The molecular formula is C23H26N2O5. The SMILES string of the molecule is COc1ccccc1NC(=O)[C@@H](C)OC(=O)[C@H]1CC(=O)N(CCc2ccccc2)C1. The number of amides is 2. The van der Waals surface area contributed by atoms with Crippen molar-refractivity contribution < 1.29 is 23.9 Å². The molecule has 1 aliphatic rings. The van der Waals surface area contributed by atoms with Gasteiger partial charge in [-0.05, 0) is 31.0 Å². The largest absolute Gasteiger partial charge is 0.495 e. The summed E-state index contributed by atoms with van der Waals surface area (Å²) in [5.41, 5.74) is 1.63. The lowest BCUT2D eigenvalue weighted by molar-refractivity contribution is -0.157. The van der Waals surface area contributed by atoms with E-state index < -0.39 is 23.9 Å². The van der Waals surface area contributed by atoms with Crippen LogP contribution in [0.2, 0.25) is 0 Å². The van der Waals surface area contributed by atoms with E-state index in [0.717, 1.165) is 12.0 Å². The van der Waals surface area contributed by atoms with Gasteiger partial charge in [0, 0.05) is 19.5 Å². The number of benzene rings is 2. The Bertz CT molecular complexity index is 899. The van der Waals surface area contributed by atoms with Crippen molar-refractivity contribution >= 4 is 23.5 Å². The summed E-state index contributed by atoms with van der Waals surface area (Å²) >= 11 is 0. The van der Waals surface area contributed by atoms with Gasteiger partial charge < -0.3 is 19.7 Å². The van der Waals surface area contributed by atoms with E-state index >= 15 is 0 Å². The van der Waals surface area contributed by atoms with E-state index in [0.29, 0.717) is 24.5 Å². The van der Waals surface area contributed by atoms with Crippen molar-refractivity contribution in [1.29, 1.82) is 0 Å². The molecule has 30 heavy (non-hydrogen) atoms. The van der Waals surface area contributed by atoms with Crippen LogP contribution in [0.3, 0.4) is 0 Å². The van der Waals surface area contributed by atoms with Gasteiger partial charge in [0.25, 0.3) is 5.91 Å². The second-order valence-corrected chi connectivity index (χ2v) is 7.25. The van der Waals surface area contributed by atoms with Crippen molar-refractivity contribution in [2.75, 3.05) is 25.5 Å². The van der Waals surface area contributed by atoms with Crippen molar-refractivity contribution in [3.05, 3.63) is 60.2 Å². The van der Waals surface area contributed by atoms with E-state index in [4.69, 9.17) is 9.47 Å². The molecular weight excluding hydrogens is 384 g/mol. The van der Waals surface area contributed by atoms with Gasteiger partial charge in [0.1, 0.15) is 5.75 Å². The normalized spacial score (nSPS) is 16.8. The first kappa shape index (κ1) is 21.4. The van der Waals surface area contributed by atoms with Gasteiger partial charge in [-0.2, -0.15) is 0 Å². The summed E-state index contributed by atoms with van der Waals surface area (Å²) in [5.74, 6) is -1.11. The predicted octanol–water partition coefficient (Wildman–Crippen LogP) is 2.66. The number of carbonyl (C=O) groups is 3. The minimum Gasteiger partial charge on any atom is -0.495 e. The highest BCUT2D eigenvalue weighted by molar-refractivity contribution is 5.96. The van der Waals surface area contributed by atoms with E-state index in [2.05, 4.69) is 5.32 Å². The Morgan fingerprint density at radius 1 is 1.13 bits per heavy atom. The van der Waals surface area contributed by atoms with Crippen molar-refractivity contribution in [1.82, 2.24) is 4.90 Å². The number of carbonyl (C=O) groups excluding carboxylic acids is 3. The van der Waals surface area contributed by atoms with Gasteiger partial charge in [0.2, 0.25) is 5.91 Å². The number of nitrogens with zero attached hydrogens (tertiary/aromatic N) is 1. The second-order valence-electron chi connectivity index (χ2n) is 7.25. The van der Waals surface area contributed by atoms with Gasteiger partial charge in [-0.15, -0.1) is 0 Å². The Morgan fingerprint density at radius 2 is 1.83 bits per heavy atom. The molecule has 0 unspecified atom stereocenters. The average molecular weight is 410 g/mol. The summed E-state index contributed by atoms with van der Waals surface area (Å²) in [6.07, 6.45) is -0.156. The molecule has 1 saturated heterocycles. The number of nitrogens with one attached hydrogen (secondary N) is 1. The summed E-state index contributed by atoms with van der Waals surface area (Å²) in [4.78, 5) is 38.8. The third kappa shape index (κ3) is 5.37. The van der Waals surface area contributed by atoms with E-state index in [9.17, 15) is 14.4 Å². The van der Waals surface area contributed by atoms with Crippen LogP contribution in [-0.4, -0.2) is 49.0 Å². The van der Waals surface area contributed by atoms with Gasteiger partial charge in [-0.25, -0.2) is 0 Å². The van der Waals surface area contributed by atoms with Crippen LogP contribution in [-0.2, 0) is 25.5 Å². The van der Waals surface area contributed by atoms with E-state index in [-0.39, 0.29) is 12.3 Å². The standard InChI is InChI=1S/C23H26N2O5/c1-16(22(27)24-19-10-6-7-11-20(19)29-2)30-23(28)18-14-21(26)25(15-18)13-12-17-8-4-3-5-9-17/h3-11,16,18H,12-15H2,1-2H3,(H,24,27)/t16-,18+/m1/s1. The lowest BCUT2D eigenvalue weighted by Gasteiger charge is -2.18. The van der Waals surface area contributed by atoms with Crippen LogP contribution >= 0.6 is 0 Å². The van der Waals surface area contributed by atoms with Gasteiger partial charge in [-0.3, -0.25) is 14.4 Å². The van der Waals surface area contributed by atoms with Gasteiger partial charge in [0.15, 0.2) is 6.10 Å². The van der Waals surface area contributed by atoms with E-state index in [1.807, 2.05) is 30.3 Å². The highest BCUT2D eigenvalue weighted by atomic mass is 16.5. The number of likely N-dealkylation sites (tertiary alicyclic amines) is 1. The molecule has 1 fully saturated rings. The maximum absolute atomic E-state index is 12.5. The summed E-state index contributed by atoms with van der Waals surface area (Å²) in [7, 11) is 1.51. The van der Waals surface area contributed by atoms with Crippen LogP contribution in [0.1, 0.15) is 18.9 Å². The molecule has 1 aliphatic heterocycles. The molecule has 3 rings (SSSR count). The number of hydrogen-bond donors (Lipinski definition) is 1. The van der Waals surface area contributed by atoms with Gasteiger partial charge >= 0.3 is 5.97 Å². The third-order valence-corrected chi connectivity index (χ3v) is 5.09. The number of esters is 1. The quantitative estimate of drug-likeness (QED) is 0.677. The minimum atomic E-state index is -0.990. The molecule has 2 atom stereocenters. The molecule has 2 aromatic carbocycles. The van der Waals surface area contributed by atoms with Crippen LogP contribution in [0.15, 0.2) is 54.6 Å². The van der Waals surface area contributed by atoms with Crippen LogP contribution in [0, 0.1) is 5.92 Å². The first-order valence-electron chi connectivity index (χ1n) is 9.94. The molecule has 7 heteroatoms. The maximum atomic E-state index is 12.5. The molecule has 2 aromatic rings. The first-order chi connectivity index (χ1) is 14.5. The van der Waals surface area contributed by atoms with Crippen LogP contribution in [0.4, 0.5) is 5.69 Å². The van der Waals surface area contributed by atoms with Crippen molar-refractivity contribution in [2.24, 2.45) is 5.92 Å². The summed E-state index contributed by atoms with van der Waals surface area (Å²) in [6.45, 7) is 2.37. The Labute approximate surface area is 176 Å². The molecule has 0 aliphatic carbocycles. The fraction of sp³-hybridized carbons (Fsp3) is 0.348. The summed E-state index contributed by atoms with van der Waals surface area (Å²) in [5, 5.41) is 2.69. The number of para-hydroxylation sites is 2. The van der Waals surface area contributed by atoms with Crippen molar-refractivity contribution in [2.45, 2.75) is 25.9 Å². The molecule has 0 radical (unpaired) electrons. The molecule has 1 heterocycles. The molecule has 0 spiro atoms. The minimum absolute atomic E-state index is 0.0704. The number of ether oxygens (including phenoxy) is 2. The van der Waals surface area contributed by atoms with Crippen molar-refractivity contribution in [3.63, 3.8) is 0 Å². The van der Waals surface area contributed by atoms with E-state index in [1.165, 1.54) is 14.0 Å². The monoisotopic (exact) mass is 410 g/mol. The Hall–Kier alpha value is -3.35. The van der Waals surface area contributed by atoms with Gasteiger partial charge in [0.05, 0.1) is 18.7 Å². The fourth-order valence-electron chi connectivity index (χ4n) is 3.36. The Kier molecular flexibility index (Phi) is 7.06. The topological polar surface area (TPSA) is 84.9 Å². The highest BCUT2D eigenvalue weighted by Crippen LogP contribution is 2.24. The molecule has 158 valence electrons.